The van der Waals surface area contributed by atoms with Gasteiger partial charge in [0, 0.05) is 12.4 Å². The molecule has 0 aliphatic heterocycles. The molecule has 0 saturated carbocycles. The molecule has 2 aromatic heterocycles. The zero-order valence-corrected chi connectivity index (χ0v) is 14.4. The smallest absolute Gasteiger partial charge is 0.240 e. The molecule has 0 fully saturated rings. The molecule has 6 nitrogen and oxygen atoms in total. The molecule has 8 heteroatoms. The Morgan fingerprint density at radius 1 is 1.17 bits per heavy atom. The molecule has 0 aliphatic carbocycles. The van der Waals surface area contributed by atoms with E-state index in [2.05, 4.69) is 19.7 Å². The molecule has 3 aromatic rings. The van der Waals surface area contributed by atoms with Crippen LogP contribution in [0.2, 0.25) is 0 Å². The van der Waals surface area contributed by atoms with E-state index in [4.69, 9.17) is 0 Å². The molecule has 0 saturated heterocycles. The Balaban J connectivity index is 1.84. The second-order valence-corrected chi connectivity index (χ2v) is 8.97. The van der Waals surface area contributed by atoms with Gasteiger partial charge >= 0.3 is 0 Å². The van der Waals surface area contributed by atoms with Gasteiger partial charge in [-0.1, -0.05) is 6.07 Å². The number of anilines is 1. The van der Waals surface area contributed by atoms with E-state index in [0.717, 1.165) is 15.8 Å². The second-order valence-electron chi connectivity index (χ2n) is 5.77. The molecule has 1 aromatic carbocycles. The third kappa shape index (κ3) is 3.32. The summed E-state index contributed by atoms with van der Waals surface area (Å²) in [6.07, 6.45) is 3.35. The van der Waals surface area contributed by atoms with Crippen molar-refractivity contribution in [1.29, 1.82) is 0 Å². The standard InChI is InChI=1S/C15H16N4O2S2/c1-15(2,23(20,21)19-14-16-6-3-7-17-14)9-11-4-5-13-12(8-11)18-10-22-13/h3-8,10H,9H2,1-2H3,(H,16,17,19). The van der Waals surface area contributed by atoms with Crippen molar-refractivity contribution in [2.45, 2.75) is 25.0 Å². The van der Waals surface area contributed by atoms with Crippen molar-refractivity contribution in [3.63, 3.8) is 0 Å². The third-order valence-corrected chi connectivity index (χ3v) is 6.40. The van der Waals surface area contributed by atoms with Crippen LogP contribution in [0.15, 0.2) is 42.2 Å². The zero-order chi connectivity index (χ0) is 16.5. The van der Waals surface area contributed by atoms with E-state index >= 15 is 0 Å². The van der Waals surface area contributed by atoms with Crippen LogP contribution in [0.25, 0.3) is 10.2 Å². The number of fused-ring (bicyclic) bond motifs is 1. The Morgan fingerprint density at radius 3 is 2.65 bits per heavy atom. The van der Waals surface area contributed by atoms with Crippen LogP contribution in [-0.2, 0) is 16.4 Å². The number of nitrogens with zero attached hydrogens (tertiary/aromatic N) is 3. The minimum Gasteiger partial charge on any atom is -0.251 e. The van der Waals surface area contributed by atoms with Crippen molar-refractivity contribution >= 4 is 37.5 Å². The molecule has 1 N–H and O–H groups in total. The molecule has 2 heterocycles. The summed E-state index contributed by atoms with van der Waals surface area (Å²) in [7, 11) is -3.64. The Morgan fingerprint density at radius 2 is 1.91 bits per heavy atom. The number of sulfonamides is 1. The maximum absolute atomic E-state index is 12.6. The first-order chi connectivity index (χ1) is 10.9. The van der Waals surface area contributed by atoms with Crippen LogP contribution in [0.1, 0.15) is 19.4 Å². The number of thiazole rings is 1. The van der Waals surface area contributed by atoms with Crippen LogP contribution in [0, 0.1) is 0 Å². The first-order valence-corrected chi connectivity index (χ1v) is 9.35. The molecule has 0 atom stereocenters. The van der Waals surface area contributed by atoms with E-state index in [1.54, 1.807) is 36.8 Å². The van der Waals surface area contributed by atoms with Gasteiger partial charge in [-0.3, -0.25) is 4.72 Å². The number of hydrogen-bond donors (Lipinski definition) is 1. The highest BCUT2D eigenvalue weighted by molar-refractivity contribution is 7.94. The van der Waals surface area contributed by atoms with Crippen LogP contribution in [0.5, 0.6) is 0 Å². The van der Waals surface area contributed by atoms with E-state index in [-0.39, 0.29) is 5.95 Å². The average molecular weight is 348 g/mol. The molecule has 3 rings (SSSR count). The van der Waals surface area contributed by atoms with Gasteiger partial charge in [0.2, 0.25) is 16.0 Å². The van der Waals surface area contributed by atoms with Crippen LogP contribution >= 0.6 is 11.3 Å². The minimum atomic E-state index is -3.64. The van der Waals surface area contributed by atoms with Crippen LogP contribution < -0.4 is 4.72 Å². The number of rotatable bonds is 5. The molecule has 0 unspecified atom stereocenters. The zero-order valence-electron chi connectivity index (χ0n) is 12.7. The summed E-state index contributed by atoms with van der Waals surface area (Å²) >= 11 is 1.56. The molecule has 120 valence electrons. The van der Waals surface area contributed by atoms with Crippen molar-refractivity contribution in [3.05, 3.63) is 47.7 Å². The summed E-state index contributed by atoms with van der Waals surface area (Å²) in [6, 6.07) is 7.48. The maximum Gasteiger partial charge on any atom is 0.240 e. The van der Waals surface area contributed by atoms with Crippen LogP contribution in [0.3, 0.4) is 0 Å². The van der Waals surface area contributed by atoms with Gasteiger partial charge in [-0.2, -0.15) is 0 Å². The van der Waals surface area contributed by atoms with Gasteiger partial charge < -0.3 is 0 Å². The highest BCUT2D eigenvalue weighted by Crippen LogP contribution is 2.26. The minimum absolute atomic E-state index is 0.0792. The summed E-state index contributed by atoms with van der Waals surface area (Å²) in [5.74, 6) is 0.0792. The lowest BCUT2D eigenvalue weighted by molar-refractivity contribution is 0.549. The van der Waals surface area contributed by atoms with Crippen molar-refractivity contribution in [2.24, 2.45) is 0 Å². The van der Waals surface area contributed by atoms with E-state index in [9.17, 15) is 8.42 Å². The van der Waals surface area contributed by atoms with Gasteiger partial charge in [-0.25, -0.2) is 23.4 Å². The Labute approximate surface area is 138 Å². The lowest BCUT2D eigenvalue weighted by atomic mass is 10.0. The van der Waals surface area contributed by atoms with Crippen molar-refractivity contribution in [2.75, 3.05) is 4.72 Å². The molecule has 0 radical (unpaired) electrons. The van der Waals surface area contributed by atoms with E-state index in [1.165, 1.54) is 12.4 Å². The fourth-order valence-corrected chi connectivity index (χ4v) is 3.85. The van der Waals surface area contributed by atoms with E-state index in [0.29, 0.717) is 6.42 Å². The maximum atomic E-state index is 12.6. The number of aromatic nitrogens is 3. The largest absolute Gasteiger partial charge is 0.251 e. The molecule has 0 aliphatic rings. The SMILES string of the molecule is CC(C)(Cc1ccc2scnc2c1)S(=O)(=O)Nc1ncccn1. The van der Waals surface area contributed by atoms with Gasteiger partial charge in [-0.05, 0) is 44.0 Å². The third-order valence-electron chi connectivity index (χ3n) is 3.54. The lowest BCUT2D eigenvalue weighted by Crippen LogP contribution is -2.39. The first-order valence-electron chi connectivity index (χ1n) is 6.99. The summed E-state index contributed by atoms with van der Waals surface area (Å²) in [6.45, 7) is 3.37. The highest BCUT2D eigenvalue weighted by atomic mass is 32.2. The molecule has 23 heavy (non-hydrogen) atoms. The quantitative estimate of drug-likeness (QED) is 0.766. The molecular formula is C15H16N4O2S2. The summed E-state index contributed by atoms with van der Waals surface area (Å²) < 4.78 is 27.8. The van der Waals surface area contributed by atoms with Crippen molar-refractivity contribution < 1.29 is 8.42 Å². The monoisotopic (exact) mass is 348 g/mol. The van der Waals surface area contributed by atoms with Crippen LogP contribution in [0.4, 0.5) is 5.95 Å². The predicted molar refractivity (Wildman–Crippen MR) is 92.0 cm³/mol. The van der Waals surface area contributed by atoms with E-state index < -0.39 is 14.8 Å². The predicted octanol–water partition coefficient (Wildman–Crippen LogP) is 2.85. The highest BCUT2D eigenvalue weighted by Gasteiger charge is 2.35. The van der Waals surface area contributed by atoms with Crippen LogP contribution in [-0.4, -0.2) is 28.1 Å². The molecule has 0 bridgehead atoms. The topological polar surface area (TPSA) is 84.8 Å². The lowest BCUT2D eigenvalue weighted by Gasteiger charge is -2.25. The fraction of sp³-hybridized carbons (Fsp3) is 0.267. The molecule has 0 spiro atoms. The average Bonchev–Trinajstić information content (AvgIpc) is 2.94. The van der Waals surface area contributed by atoms with Crippen molar-refractivity contribution in [1.82, 2.24) is 15.0 Å². The van der Waals surface area contributed by atoms with Gasteiger partial charge in [0.25, 0.3) is 0 Å². The van der Waals surface area contributed by atoms with E-state index in [1.807, 2.05) is 18.2 Å². The number of hydrogen-bond acceptors (Lipinski definition) is 6. The fourth-order valence-electron chi connectivity index (χ4n) is 2.21. The number of benzene rings is 1. The summed E-state index contributed by atoms with van der Waals surface area (Å²) in [5.41, 5.74) is 3.60. The first kappa shape index (κ1) is 15.8. The Hall–Kier alpha value is -2.06. The van der Waals surface area contributed by atoms with Gasteiger partial charge in [-0.15, -0.1) is 11.3 Å². The summed E-state index contributed by atoms with van der Waals surface area (Å²) in [5, 5.41) is 0. The normalized spacial score (nSPS) is 12.4. The second kappa shape index (κ2) is 5.86. The molecular weight excluding hydrogens is 332 g/mol. The van der Waals surface area contributed by atoms with Gasteiger partial charge in [0.15, 0.2) is 0 Å². The summed E-state index contributed by atoms with van der Waals surface area (Å²) in [4.78, 5) is 12.1. The Bertz CT molecular complexity index is 921. The Kier molecular flexibility index (Phi) is 4.03. The molecule has 0 amide bonds. The van der Waals surface area contributed by atoms with Crippen molar-refractivity contribution in [3.8, 4) is 0 Å². The number of nitrogens with one attached hydrogen (secondary N) is 1. The van der Waals surface area contributed by atoms with Gasteiger partial charge in [0.05, 0.1) is 20.5 Å². The van der Waals surface area contributed by atoms with Gasteiger partial charge in [0.1, 0.15) is 0 Å².